The molecule has 0 saturated heterocycles. The number of halogens is 3. The van der Waals surface area contributed by atoms with Crippen LogP contribution in [-0.2, 0) is 18.6 Å². The molecule has 1 aromatic rings. The minimum absolute atomic E-state index is 0. The van der Waals surface area contributed by atoms with Gasteiger partial charge in [-0.05, 0) is 36.4 Å². The number of fused-ring (bicyclic) bond motifs is 2. The van der Waals surface area contributed by atoms with Crippen molar-refractivity contribution in [1.82, 2.24) is 14.8 Å². The molecule has 5 rings (SSSR count). The third-order valence-electron chi connectivity index (χ3n) is 5.33. The first-order valence-corrected chi connectivity index (χ1v) is 9.93. The van der Waals surface area contributed by atoms with Crippen molar-refractivity contribution in [2.75, 3.05) is 28.2 Å². The Hall–Kier alpha value is -2.16. The normalized spacial score (nSPS) is 20.8. The number of nitrogens with zero attached hydrogens (tertiary/aromatic N) is 7. The summed E-state index contributed by atoms with van der Waals surface area (Å²) >= 11 is 0. The number of amidine groups is 2. The van der Waals surface area contributed by atoms with Gasteiger partial charge in [0.15, 0.2) is 11.7 Å². The second-order valence-electron chi connectivity index (χ2n) is 7.92. The third-order valence-corrected chi connectivity index (χ3v) is 5.33. The second kappa shape index (κ2) is 12.0. The molecule has 0 radical (unpaired) electrons. The third kappa shape index (κ3) is 5.73. The van der Waals surface area contributed by atoms with Gasteiger partial charge in [0.25, 0.3) is 0 Å². The van der Waals surface area contributed by atoms with E-state index in [9.17, 15) is 0 Å². The minimum Gasteiger partial charge on any atom is -1.00 e. The molecule has 0 amide bonds. The summed E-state index contributed by atoms with van der Waals surface area (Å²) in [5.74, 6) is 1.30. The van der Waals surface area contributed by atoms with Crippen molar-refractivity contribution >= 4 is 23.1 Å². The fourth-order valence-electron chi connectivity index (χ4n) is 3.61. The summed E-state index contributed by atoms with van der Waals surface area (Å²) < 4.78 is 0. The summed E-state index contributed by atoms with van der Waals surface area (Å²) in [6.45, 7) is 0. The smallest absolute Gasteiger partial charge is 1.00 e. The Morgan fingerprint density at radius 1 is 0.676 bits per heavy atom. The van der Waals surface area contributed by atoms with Crippen LogP contribution in [0.5, 0.6) is 0 Å². The van der Waals surface area contributed by atoms with Gasteiger partial charge < -0.3 is 47.0 Å². The molecule has 2 unspecified atom stereocenters. The first-order valence-electron chi connectivity index (χ1n) is 9.93. The molecule has 7 nitrogen and oxygen atoms in total. The van der Waals surface area contributed by atoms with Crippen molar-refractivity contribution in [3.05, 3.63) is 77.4 Å². The van der Waals surface area contributed by atoms with Gasteiger partial charge >= 0.3 is 18.6 Å². The summed E-state index contributed by atoms with van der Waals surface area (Å²) in [6, 6.07) is 5.75. The molecule has 4 aliphatic rings. The zero-order chi connectivity index (χ0) is 20.8. The van der Waals surface area contributed by atoms with Gasteiger partial charge in [-0.3, -0.25) is 9.98 Å². The van der Waals surface area contributed by atoms with Crippen molar-refractivity contribution in [1.29, 1.82) is 0 Å². The maximum atomic E-state index is 4.77. The van der Waals surface area contributed by atoms with Crippen LogP contribution in [0.25, 0.3) is 0 Å². The molecule has 3 heterocycles. The molecule has 176 valence electrons. The minimum atomic E-state index is -0.0409. The van der Waals surface area contributed by atoms with Crippen LogP contribution in [0.3, 0.4) is 0 Å². The molecule has 2 aliphatic heterocycles. The van der Waals surface area contributed by atoms with Crippen molar-refractivity contribution in [3.8, 4) is 0 Å². The number of rotatable bonds is 4. The molecule has 2 atom stereocenters. The van der Waals surface area contributed by atoms with E-state index in [0.29, 0.717) is 11.7 Å². The van der Waals surface area contributed by atoms with Gasteiger partial charge in [0.2, 0.25) is 0 Å². The Morgan fingerprint density at radius 3 is 1.47 bits per heavy atom. The number of pyridine rings is 1. The molecular weight excluding hydrogens is 532 g/mol. The first-order chi connectivity index (χ1) is 14.5. The van der Waals surface area contributed by atoms with Gasteiger partial charge in [0, 0.05) is 39.6 Å². The van der Waals surface area contributed by atoms with Crippen LogP contribution in [0.2, 0.25) is 0 Å². The summed E-state index contributed by atoms with van der Waals surface area (Å²) in [7, 11) is 8.08. The van der Waals surface area contributed by atoms with Crippen LogP contribution in [0.4, 0.5) is 0 Å². The van der Waals surface area contributed by atoms with Gasteiger partial charge in [-0.15, -0.1) is 0 Å². The van der Waals surface area contributed by atoms with E-state index in [0.717, 1.165) is 34.2 Å². The molecule has 0 saturated carbocycles. The number of allylic oxidation sites excluding steroid dienone is 2. The van der Waals surface area contributed by atoms with Gasteiger partial charge in [-0.25, -0.2) is 15.0 Å². The monoisotopic (exact) mass is 553 g/mol. The summed E-state index contributed by atoms with van der Waals surface area (Å²) in [6.07, 6.45) is 12.4. The Kier molecular flexibility index (Phi) is 10.5. The van der Waals surface area contributed by atoms with Crippen molar-refractivity contribution in [2.24, 2.45) is 20.0 Å². The van der Waals surface area contributed by atoms with Crippen molar-refractivity contribution in [3.63, 3.8) is 0 Å². The molecule has 0 fully saturated rings. The zero-order valence-corrected chi connectivity index (χ0v) is 22.7. The molecule has 0 aromatic carbocycles. The fraction of sp³-hybridized carbons (Fsp3) is 0.261. The van der Waals surface area contributed by atoms with E-state index < -0.39 is 0 Å². The SMILES string of the molecule is CN(C)C1=CC2=NC(c3cccc(C4=NC5C=CC(N(C)C)=CC5=N4)n3)=NC2C=C1.[Cl-].[Cl-].[Cl-].[V+3]. The van der Waals surface area contributed by atoms with Crippen LogP contribution in [0.1, 0.15) is 11.4 Å². The van der Waals surface area contributed by atoms with Gasteiger partial charge in [-0.2, -0.15) is 0 Å². The van der Waals surface area contributed by atoms with E-state index in [2.05, 4.69) is 46.3 Å². The molecule has 1 aromatic heterocycles. The van der Waals surface area contributed by atoms with Gasteiger partial charge in [0.05, 0.1) is 11.4 Å². The van der Waals surface area contributed by atoms with Gasteiger partial charge in [-0.1, -0.05) is 18.2 Å². The van der Waals surface area contributed by atoms with E-state index >= 15 is 0 Å². The standard InChI is InChI=1S/C23H23N7.3ClH.V/c1-29(2)14-8-10-16-20(12-14)27-22(25-16)18-6-5-7-19(24-18)23-26-17-11-9-15(30(3)4)13-21(17)28-23;;;;/h5-13,16-17H,1-4H3;3*1H;/q;;;;+3/p-3. The topological polar surface area (TPSA) is 68.8 Å². The number of aliphatic imine (C=N–C) groups is 4. The fourth-order valence-corrected chi connectivity index (χ4v) is 3.61. The van der Waals surface area contributed by atoms with Crippen molar-refractivity contribution in [2.45, 2.75) is 12.1 Å². The molecule has 0 N–H and O–H groups in total. The molecule has 11 heteroatoms. The second-order valence-corrected chi connectivity index (χ2v) is 7.92. The average Bonchev–Trinajstić information content (AvgIpc) is 3.36. The van der Waals surface area contributed by atoms with E-state index in [1.165, 1.54) is 0 Å². The van der Waals surface area contributed by atoms with E-state index in [-0.39, 0.29) is 67.9 Å². The Bertz CT molecular complexity index is 1090. The number of likely N-dealkylation sites (N-methyl/N-ethyl adjacent to an activating group) is 2. The van der Waals surface area contributed by atoms with E-state index in [4.69, 9.17) is 25.0 Å². The first kappa shape index (κ1) is 29.9. The maximum Gasteiger partial charge on any atom is 3.00 e. The van der Waals surface area contributed by atoms with Crippen molar-refractivity contribution < 1.29 is 55.8 Å². The summed E-state index contributed by atoms with van der Waals surface area (Å²) in [5.41, 5.74) is 5.58. The predicted molar refractivity (Wildman–Crippen MR) is 122 cm³/mol. The van der Waals surface area contributed by atoms with Crippen LogP contribution in [0, 0.1) is 0 Å². The summed E-state index contributed by atoms with van der Waals surface area (Å²) in [4.78, 5) is 27.8. The number of hydrogen-bond donors (Lipinski definition) is 0. The van der Waals surface area contributed by atoms with Gasteiger partial charge in [0.1, 0.15) is 23.5 Å². The predicted octanol–water partition coefficient (Wildman–Crippen LogP) is -6.74. The van der Waals surface area contributed by atoms with E-state index in [1.54, 1.807) is 0 Å². The molecule has 0 spiro atoms. The number of hydrogen-bond acceptors (Lipinski definition) is 7. The van der Waals surface area contributed by atoms with Crippen LogP contribution < -0.4 is 37.2 Å². The van der Waals surface area contributed by atoms with Crippen LogP contribution >= 0.6 is 0 Å². The zero-order valence-electron chi connectivity index (χ0n) is 19.1. The Morgan fingerprint density at radius 2 is 1.09 bits per heavy atom. The average molecular weight is 555 g/mol. The molecule has 2 aliphatic carbocycles. The summed E-state index contributed by atoms with van der Waals surface area (Å²) in [5, 5.41) is 0. The van der Waals surface area contributed by atoms with E-state index in [1.807, 2.05) is 46.4 Å². The quantitative estimate of drug-likeness (QED) is 0.372. The largest absolute Gasteiger partial charge is 3.00 e. The number of aromatic nitrogens is 1. The van der Waals surface area contributed by atoms with Crippen LogP contribution in [-0.4, -0.2) is 78.2 Å². The molecule has 34 heavy (non-hydrogen) atoms. The molecule has 0 bridgehead atoms. The Balaban J connectivity index is 0.00000144. The molecular formula is C23H23Cl3N7V. The van der Waals surface area contributed by atoms with Crippen LogP contribution in [0.15, 0.2) is 86.0 Å². The Labute approximate surface area is 230 Å². The maximum absolute atomic E-state index is 4.77.